The van der Waals surface area contributed by atoms with E-state index in [0.29, 0.717) is 0 Å². The minimum Gasteiger partial charge on any atom is -0.493 e. The van der Waals surface area contributed by atoms with Crippen LogP contribution in [0.4, 0.5) is 5.69 Å². The van der Waals surface area contributed by atoms with Crippen molar-refractivity contribution in [3.63, 3.8) is 0 Å². The summed E-state index contributed by atoms with van der Waals surface area (Å²) in [4.78, 5) is 24.7. The second kappa shape index (κ2) is 5.87. The fraction of sp³-hybridized carbons (Fsp3) is 0.0769. The Morgan fingerprint density at radius 1 is 1.29 bits per heavy atom. The minimum atomic E-state index is -1.14. The lowest BCUT2D eigenvalue weighted by molar-refractivity contribution is -0.384. The lowest BCUT2D eigenvalue weighted by Crippen LogP contribution is -1.98. The standard InChI is InChI=1S/C13H10N2O6/c1-20-12-5-9(15(18)19)2-3-11(12)21-10-4-8(13(16)17)6-14-7-10/h2-7H,1H3,(H,16,17). The van der Waals surface area contributed by atoms with Gasteiger partial charge in [-0.1, -0.05) is 0 Å². The summed E-state index contributed by atoms with van der Waals surface area (Å²) in [5.74, 6) is -0.581. The predicted octanol–water partition coefficient (Wildman–Crippen LogP) is 2.49. The lowest BCUT2D eigenvalue weighted by Gasteiger charge is -2.10. The molecule has 0 saturated carbocycles. The average Bonchev–Trinajstić information content (AvgIpc) is 2.47. The number of carbonyl (C=O) groups is 1. The van der Waals surface area contributed by atoms with Crippen molar-refractivity contribution in [2.45, 2.75) is 0 Å². The number of carboxylic acids is 1. The number of ether oxygens (including phenoxy) is 2. The van der Waals surface area contributed by atoms with Crippen LogP contribution in [0, 0.1) is 10.1 Å². The van der Waals surface area contributed by atoms with E-state index in [2.05, 4.69) is 4.98 Å². The zero-order valence-corrected chi connectivity index (χ0v) is 10.8. The van der Waals surface area contributed by atoms with Gasteiger partial charge < -0.3 is 14.6 Å². The first-order valence-electron chi connectivity index (χ1n) is 5.70. The largest absolute Gasteiger partial charge is 0.493 e. The third-order valence-electron chi connectivity index (χ3n) is 2.55. The summed E-state index contributed by atoms with van der Waals surface area (Å²) in [6.45, 7) is 0. The predicted molar refractivity (Wildman–Crippen MR) is 70.9 cm³/mol. The maximum atomic E-state index is 10.9. The number of rotatable bonds is 5. The van der Waals surface area contributed by atoms with Crippen LogP contribution < -0.4 is 9.47 Å². The van der Waals surface area contributed by atoms with Crippen LogP contribution in [-0.4, -0.2) is 28.1 Å². The normalized spacial score (nSPS) is 9.95. The molecule has 2 aromatic rings. The van der Waals surface area contributed by atoms with Crippen molar-refractivity contribution in [2.24, 2.45) is 0 Å². The van der Waals surface area contributed by atoms with Gasteiger partial charge in [-0.25, -0.2) is 4.79 Å². The molecule has 0 bridgehead atoms. The first-order chi connectivity index (χ1) is 10.0. The van der Waals surface area contributed by atoms with Gasteiger partial charge in [-0.3, -0.25) is 15.1 Å². The van der Waals surface area contributed by atoms with Gasteiger partial charge in [-0.15, -0.1) is 0 Å². The topological polar surface area (TPSA) is 112 Å². The molecule has 8 heteroatoms. The second-order valence-corrected chi connectivity index (χ2v) is 3.91. The number of nitro groups is 1. The Kier molecular flexibility index (Phi) is 3.98. The first-order valence-corrected chi connectivity index (χ1v) is 5.70. The monoisotopic (exact) mass is 290 g/mol. The van der Waals surface area contributed by atoms with Gasteiger partial charge in [0, 0.05) is 12.3 Å². The van der Waals surface area contributed by atoms with E-state index in [-0.39, 0.29) is 28.5 Å². The average molecular weight is 290 g/mol. The van der Waals surface area contributed by atoms with Crippen LogP contribution >= 0.6 is 0 Å². The Hall–Kier alpha value is -3.16. The molecule has 21 heavy (non-hydrogen) atoms. The van der Waals surface area contributed by atoms with Gasteiger partial charge >= 0.3 is 5.97 Å². The molecule has 0 aliphatic heterocycles. The van der Waals surface area contributed by atoms with Crippen LogP contribution in [-0.2, 0) is 0 Å². The van der Waals surface area contributed by atoms with E-state index in [1.807, 2.05) is 0 Å². The summed E-state index contributed by atoms with van der Waals surface area (Å²) in [6.07, 6.45) is 2.51. The van der Waals surface area contributed by atoms with Gasteiger partial charge in [0.05, 0.1) is 29.9 Å². The van der Waals surface area contributed by atoms with Crippen LogP contribution in [0.3, 0.4) is 0 Å². The van der Waals surface area contributed by atoms with Crippen LogP contribution in [0.1, 0.15) is 10.4 Å². The van der Waals surface area contributed by atoms with Gasteiger partial charge in [-0.2, -0.15) is 0 Å². The molecule has 0 unspecified atom stereocenters. The molecular formula is C13H10N2O6. The number of nitro benzene ring substituents is 1. The lowest BCUT2D eigenvalue weighted by atomic mass is 10.2. The van der Waals surface area contributed by atoms with E-state index in [9.17, 15) is 14.9 Å². The van der Waals surface area contributed by atoms with E-state index >= 15 is 0 Å². The molecule has 108 valence electrons. The summed E-state index contributed by atoms with van der Waals surface area (Å²) in [5.41, 5.74) is -0.176. The third kappa shape index (κ3) is 3.24. The number of hydrogen-bond donors (Lipinski definition) is 1. The van der Waals surface area contributed by atoms with Crippen LogP contribution in [0.2, 0.25) is 0 Å². The van der Waals surface area contributed by atoms with Crippen LogP contribution in [0.25, 0.3) is 0 Å². The maximum Gasteiger partial charge on any atom is 0.337 e. The Morgan fingerprint density at radius 3 is 2.67 bits per heavy atom. The molecule has 2 rings (SSSR count). The number of aromatic carboxylic acids is 1. The van der Waals surface area contributed by atoms with Crippen molar-refractivity contribution in [3.05, 3.63) is 52.3 Å². The van der Waals surface area contributed by atoms with Crippen molar-refractivity contribution in [1.29, 1.82) is 0 Å². The van der Waals surface area contributed by atoms with E-state index in [1.54, 1.807) is 0 Å². The van der Waals surface area contributed by atoms with E-state index in [0.717, 1.165) is 0 Å². The molecular weight excluding hydrogens is 280 g/mol. The molecule has 0 spiro atoms. The van der Waals surface area contributed by atoms with Gasteiger partial charge in [0.2, 0.25) is 0 Å². The number of pyridine rings is 1. The van der Waals surface area contributed by atoms with Crippen molar-refractivity contribution in [1.82, 2.24) is 4.98 Å². The fourth-order valence-corrected chi connectivity index (χ4v) is 1.57. The maximum absolute atomic E-state index is 10.9. The SMILES string of the molecule is COc1cc([N+](=O)[O-])ccc1Oc1cncc(C(=O)O)c1. The van der Waals surface area contributed by atoms with Gasteiger partial charge in [0.1, 0.15) is 5.75 Å². The summed E-state index contributed by atoms with van der Waals surface area (Å²) in [5, 5.41) is 19.6. The third-order valence-corrected chi connectivity index (χ3v) is 2.55. The number of hydrogen-bond acceptors (Lipinski definition) is 6. The molecule has 0 atom stereocenters. The molecule has 1 aromatic heterocycles. The molecule has 1 N–H and O–H groups in total. The number of nitrogens with zero attached hydrogens (tertiary/aromatic N) is 2. The highest BCUT2D eigenvalue weighted by Crippen LogP contribution is 2.34. The number of carboxylic acid groups (broad SMARTS) is 1. The molecule has 0 radical (unpaired) electrons. The number of methoxy groups -OCH3 is 1. The first kappa shape index (κ1) is 14.3. The van der Waals surface area contributed by atoms with Gasteiger partial charge in [0.25, 0.3) is 5.69 Å². The minimum absolute atomic E-state index is 0.0339. The molecule has 0 saturated heterocycles. The Bertz CT molecular complexity index is 701. The highest BCUT2D eigenvalue weighted by molar-refractivity contribution is 5.87. The molecule has 1 heterocycles. The smallest absolute Gasteiger partial charge is 0.337 e. The zero-order valence-electron chi connectivity index (χ0n) is 10.8. The zero-order chi connectivity index (χ0) is 15.4. The Morgan fingerprint density at radius 2 is 2.05 bits per heavy atom. The quantitative estimate of drug-likeness (QED) is 0.664. The number of aromatic nitrogens is 1. The molecule has 0 amide bonds. The van der Waals surface area contributed by atoms with Crippen molar-refractivity contribution >= 4 is 11.7 Å². The second-order valence-electron chi connectivity index (χ2n) is 3.91. The molecule has 8 nitrogen and oxygen atoms in total. The molecule has 0 aliphatic carbocycles. The summed E-state index contributed by atoms with van der Waals surface area (Å²) >= 11 is 0. The van der Waals surface area contributed by atoms with Crippen molar-refractivity contribution in [2.75, 3.05) is 7.11 Å². The van der Waals surface area contributed by atoms with Crippen molar-refractivity contribution < 1.29 is 24.3 Å². The Labute approximate surface area is 118 Å². The van der Waals surface area contributed by atoms with E-state index in [1.165, 1.54) is 43.8 Å². The molecule has 1 aromatic carbocycles. The highest BCUT2D eigenvalue weighted by atomic mass is 16.6. The van der Waals surface area contributed by atoms with E-state index in [4.69, 9.17) is 14.6 Å². The molecule has 0 fully saturated rings. The summed E-state index contributed by atoms with van der Waals surface area (Å²) in [6, 6.07) is 5.12. The van der Waals surface area contributed by atoms with Crippen LogP contribution in [0.5, 0.6) is 17.2 Å². The Balaban J connectivity index is 2.33. The van der Waals surface area contributed by atoms with Gasteiger partial charge in [-0.05, 0) is 12.1 Å². The van der Waals surface area contributed by atoms with Crippen LogP contribution in [0.15, 0.2) is 36.7 Å². The number of benzene rings is 1. The van der Waals surface area contributed by atoms with Gasteiger partial charge in [0.15, 0.2) is 11.5 Å². The summed E-state index contributed by atoms with van der Waals surface area (Å²) in [7, 11) is 1.35. The molecule has 0 aliphatic rings. The van der Waals surface area contributed by atoms with Crippen molar-refractivity contribution in [3.8, 4) is 17.2 Å². The highest BCUT2D eigenvalue weighted by Gasteiger charge is 2.14. The summed E-state index contributed by atoms with van der Waals surface area (Å²) < 4.78 is 10.5. The number of non-ortho nitro benzene ring substituents is 1. The van der Waals surface area contributed by atoms with E-state index < -0.39 is 10.9 Å². The fourth-order valence-electron chi connectivity index (χ4n) is 1.57.